The number of nitro groups is 2. The number of rotatable bonds is 10. The van der Waals surface area contributed by atoms with Gasteiger partial charge in [0.05, 0.1) is 9.40 Å². The Balaban J connectivity index is 1.56. The van der Waals surface area contributed by atoms with Crippen LogP contribution in [0, 0.1) is 34.1 Å². The molecule has 0 saturated heterocycles. The van der Waals surface area contributed by atoms with E-state index < -0.39 is 10.2 Å². The molecule has 0 amide bonds. The Morgan fingerprint density at radius 3 is 2.46 bits per heavy atom. The van der Waals surface area contributed by atoms with Gasteiger partial charge in [0, 0.05) is 22.7 Å². The SMILES string of the molecule is Cc1ccc(-n2c(C)nnc2S[C@@H](C[N+](=O)[O-])c2ccc(OCc3cccc([N+](=O)[O-])c3)c(Br)c2)cc1. The molecule has 0 N–H and O–H groups in total. The number of aryl methyl sites for hydroxylation is 2. The third-order valence-corrected chi connectivity index (χ3v) is 7.29. The number of aromatic nitrogens is 3. The molecule has 1 atom stereocenters. The van der Waals surface area contributed by atoms with Crippen LogP contribution in [0.3, 0.4) is 0 Å². The summed E-state index contributed by atoms with van der Waals surface area (Å²) in [6.45, 7) is 3.65. The summed E-state index contributed by atoms with van der Waals surface area (Å²) >= 11 is 4.76. The van der Waals surface area contributed by atoms with Crippen LogP contribution in [0.4, 0.5) is 5.69 Å². The van der Waals surface area contributed by atoms with E-state index in [-0.39, 0.29) is 23.8 Å². The molecule has 1 aromatic heterocycles. The lowest BCUT2D eigenvalue weighted by Gasteiger charge is -2.16. The summed E-state index contributed by atoms with van der Waals surface area (Å²) in [7, 11) is 0. The fraction of sp³-hybridized carbons (Fsp3) is 0.200. The lowest BCUT2D eigenvalue weighted by molar-refractivity contribution is -0.479. The average molecular weight is 584 g/mol. The van der Waals surface area contributed by atoms with E-state index in [1.807, 2.05) is 42.7 Å². The maximum Gasteiger partial charge on any atom is 0.269 e. The number of halogens is 1. The monoisotopic (exact) mass is 583 g/mol. The fourth-order valence-electron chi connectivity index (χ4n) is 3.64. The van der Waals surface area contributed by atoms with Gasteiger partial charge in [0.15, 0.2) is 5.16 Å². The molecule has 4 aromatic rings. The first-order chi connectivity index (χ1) is 17.7. The number of hydrogen-bond donors (Lipinski definition) is 0. The largest absolute Gasteiger partial charge is 0.488 e. The quantitative estimate of drug-likeness (QED) is 0.122. The highest BCUT2D eigenvalue weighted by molar-refractivity contribution is 9.10. The molecular formula is C25H22BrN5O5S. The van der Waals surface area contributed by atoms with Crippen molar-refractivity contribution in [2.24, 2.45) is 0 Å². The van der Waals surface area contributed by atoms with Crippen molar-refractivity contribution < 1.29 is 14.6 Å². The van der Waals surface area contributed by atoms with E-state index >= 15 is 0 Å². The van der Waals surface area contributed by atoms with Crippen LogP contribution >= 0.6 is 27.7 Å². The minimum Gasteiger partial charge on any atom is -0.488 e. The molecule has 0 bridgehead atoms. The Kier molecular flexibility index (Phi) is 8.19. The van der Waals surface area contributed by atoms with E-state index in [1.165, 1.54) is 23.9 Å². The number of non-ortho nitro benzene ring substituents is 1. The maximum atomic E-state index is 11.5. The molecular weight excluding hydrogens is 562 g/mol. The van der Waals surface area contributed by atoms with Crippen LogP contribution in [-0.2, 0) is 6.61 Å². The molecule has 0 spiro atoms. The zero-order chi connectivity index (χ0) is 26.5. The topological polar surface area (TPSA) is 126 Å². The first-order valence-corrected chi connectivity index (χ1v) is 12.8. The summed E-state index contributed by atoms with van der Waals surface area (Å²) in [6.07, 6.45) is 0. The van der Waals surface area contributed by atoms with E-state index in [0.29, 0.717) is 32.3 Å². The van der Waals surface area contributed by atoms with E-state index in [9.17, 15) is 20.2 Å². The van der Waals surface area contributed by atoms with Gasteiger partial charge in [-0.2, -0.15) is 0 Å². The standard InChI is InChI=1S/C25H22BrN5O5S/c1-16-6-9-20(10-7-16)30-17(2)27-28-25(30)37-24(14-29(32)33)19-8-11-23(22(26)13-19)36-15-18-4-3-5-21(12-18)31(34)35/h3-13,24H,14-15H2,1-2H3/t24-/m0/s1. The first-order valence-electron chi connectivity index (χ1n) is 11.1. The summed E-state index contributed by atoms with van der Waals surface area (Å²) in [4.78, 5) is 21.7. The lowest BCUT2D eigenvalue weighted by Crippen LogP contribution is -2.11. The first kappa shape index (κ1) is 26.3. The van der Waals surface area contributed by atoms with Crippen molar-refractivity contribution in [2.45, 2.75) is 30.9 Å². The van der Waals surface area contributed by atoms with E-state index in [2.05, 4.69) is 26.1 Å². The van der Waals surface area contributed by atoms with Crippen molar-refractivity contribution in [1.29, 1.82) is 0 Å². The Morgan fingerprint density at radius 1 is 1.03 bits per heavy atom. The van der Waals surface area contributed by atoms with Gasteiger partial charge in [-0.1, -0.05) is 47.7 Å². The number of ether oxygens (including phenoxy) is 1. The fourth-order valence-corrected chi connectivity index (χ4v) is 5.31. The predicted molar refractivity (Wildman–Crippen MR) is 143 cm³/mol. The van der Waals surface area contributed by atoms with Crippen LogP contribution in [0.15, 0.2) is 76.4 Å². The third-order valence-electron chi connectivity index (χ3n) is 5.49. The highest BCUT2D eigenvalue weighted by Gasteiger charge is 2.24. The summed E-state index contributed by atoms with van der Waals surface area (Å²) < 4.78 is 8.33. The summed E-state index contributed by atoms with van der Waals surface area (Å²) in [5, 5.41) is 31.0. The van der Waals surface area contributed by atoms with Crippen LogP contribution in [0.25, 0.3) is 5.69 Å². The number of nitro benzene ring substituents is 1. The third kappa shape index (κ3) is 6.52. The van der Waals surface area contributed by atoms with E-state index in [4.69, 9.17) is 4.74 Å². The van der Waals surface area contributed by atoms with Crippen molar-refractivity contribution in [1.82, 2.24) is 14.8 Å². The number of hydrogen-bond acceptors (Lipinski definition) is 8. The van der Waals surface area contributed by atoms with Crippen LogP contribution in [0.2, 0.25) is 0 Å². The Morgan fingerprint density at radius 2 is 1.78 bits per heavy atom. The molecule has 12 heteroatoms. The average Bonchev–Trinajstić information content (AvgIpc) is 3.23. The Labute approximate surface area is 225 Å². The van der Waals surface area contributed by atoms with Gasteiger partial charge in [0.25, 0.3) is 5.69 Å². The van der Waals surface area contributed by atoms with Crippen molar-refractivity contribution in [3.8, 4) is 11.4 Å². The highest BCUT2D eigenvalue weighted by Crippen LogP contribution is 2.39. The van der Waals surface area contributed by atoms with Crippen LogP contribution < -0.4 is 4.74 Å². The minimum atomic E-state index is -0.537. The van der Waals surface area contributed by atoms with Crippen LogP contribution in [0.5, 0.6) is 5.75 Å². The van der Waals surface area contributed by atoms with E-state index in [0.717, 1.165) is 11.3 Å². The normalized spacial score (nSPS) is 11.8. The zero-order valence-electron chi connectivity index (χ0n) is 19.9. The van der Waals surface area contributed by atoms with Crippen LogP contribution in [-0.4, -0.2) is 31.2 Å². The van der Waals surface area contributed by atoms with Gasteiger partial charge in [-0.3, -0.25) is 24.8 Å². The minimum absolute atomic E-state index is 0.0103. The summed E-state index contributed by atoms with van der Waals surface area (Å²) in [6, 6.07) is 19.4. The van der Waals surface area contributed by atoms with Crippen molar-refractivity contribution in [3.63, 3.8) is 0 Å². The number of benzene rings is 3. The zero-order valence-corrected chi connectivity index (χ0v) is 22.3. The molecule has 0 fully saturated rings. The van der Waals surface area contributed by atoms with Gasteiger partial charge in [-0.25, -0.2) is 0 Å². The van der Waals surface area contributed by atoms with Crippen molar-refractivity contribution >= 4 is 33.4 Å². The van der Waals surface area contributed by atoms with Gasteiger partial charge in [-0.15, -0.1) is 10.2 Å². The molecule has 0 aliphatic rings. The lowest BCUT2D eigenvalue weighted by atomic mass is 10.1. The molecule has 0 aliphatic carbocycles. The van der Waals surface area contributed by atoms with E-state index in [1.54, 1.807) is 30.3 Å². The molecule has 190 valence electrons. The Hall–Kier alpha value is -3.77. The van der Waals surface area contributed by atoms with Gasteiger partial charge in [0.2, 0.25) is 6.54 Å². The molecule has 1 heterocycles. The predicted octanol–water partition coefficient (Wildman–Crippen LogP) is 6.24. The molecule has 37 heavy (non-hydrogen) atoms. The second kappa shape index (κ2) is 11.5. The number of thioether (sulfide) groups is 1. The van der Waals surface area contributed by atoms with Crippen LogP contribution in [0.1, 0.15) is 27.8 Å². The molecule has 0 unspecified atom stereocenters. The molecule has 0 saturated carbocycles. The maximum absolute atomic E-state index is 11.5. The second-order valence-corrected chi connectivity index (χ2v) is 10.3. The number of nitrogens with zero attached hydrogens (tertiary/aromatic N) is 5. The molecule has 3 aromatic carbocycles. The Bertz CT molecular complexity index is 1440. The highest BCUT2D eigenvalue weighted by atomic mass is 79.9. The smallest absolute Gasteiger partial charge is 0.269 e. The van der Waals surface area contributed by atoms with Gasteiger partial charge < -0.3 is 4.74 Å². The molecule has 10 nitrogen and oxygen atoms in total. The van der Waals surface area contributed by atoms with Gasteiger partial charge in [0.1, 0.15) is 23.4 Å². The molecule has 0 aliphatic heterocycles. The molecule has 4 rings (SSSR count). The van der Waals surface area contributed by atoms with Crippen molar-refractivity contribution in [3.05, 3.63) is 114 Å². The van der Waals surface area contributed by atoms with Gasteiger partial charge in [-0.05, 0) is 65.2 Å². The van der Waals surface area contributed by atoms with Crippen molar-refractivity contribution in [2.75, 3.05) is 6.54 Å². The second-order valence-electron chi connectivity index (χ2n) is 8.23. The van der Waals surface area contributed by atoms with Gasteiger partial charge >= 0.3 is 0 Å². The molecule has 0 radical (unpaired) electrons. The summed E-state index contributed by atoms with van der Waals surface area (Å²) in [5.74, 6) is 1.19. The summed E-state index contributed by atoms with van der Waals surface area (Å²) in [5.41, 5.74) is 3.35.